The number of anilines is 1. The van der Waals surface area contributed by atoms with E-state index in [1.165, 1.54) is 6.26 Å². The Labute approximate surface area is 161 Å². The molecule has 1 amide bonds. The molecule has 0 saturated heterocycles. The van der Waals surface area contributed by atoms with Gasteiger partial charge in [0, 0.05) is 22.4 Å². The summed E-state index contributed by atoms with van der Waals surface area (Å²) in [5, 5.41) is 10.9. The zero-order chi connectivity index (χ0) is 19.3. The summed E-state index contributed by atoms with van der Waals surface area (Å²) in [6.45, 7) is 1.76. The van der Waals surface area contributed by atoms with Crippen LogP contribution in [0.15, 0.2) is 75.8 Å². The molecule has 0 unspecified atom stereocenters. The summed E-state index contributed by atoms with van der Waals surface area (Å²) in [5.74, 6) is 6.68. The number of carbonyl (C=O) groups is 1. The van der Waals surface area contributed by atoms with E-state index in [9.17, 15) is 4.79 Å². The van der Waals surface area contributed by atoms with Crippen molar-refractivity contribution in [3.8, 4) is 34.9 Å². The van der Waals surface area contributed by atoms with Crippen LogP contribution in [0.2, 0.25) is 0 Å². The van der Waals surface area contributed by atoms with Crippen LogP contribution < -0.4 is 5.32 Å². The Bertz CT molecular complexity index is 1180. The Morgan fingerprint density at radius 1 is 1.00 bits per heavy atom. The number of aromatic nitrogens is 2. The summed E-state index contributed by atoms with van der Waals surface area (Å²) in [5.41, 5.74) is 2.63. The SMILES string of the molecule is CC#Cc1cccc(C(=O)Nc2cccc(-c3nnc(-c4ccco4)o3)c2)c1. The van der Waals surface area contributed by atoms with Gasteiger partial charge >= 0.3 is 0 Å². The lowest BCUT2D eigenvalue weighted by atomic mass is 10.1. The smallest absolute Gasteiger partial charge is 0.283 e. The third-order valence-corrected chi connectivity index (χ3v) is 3.92. The maximum Gasteiger partial charge on any atom is 0.283 e. The van der Waals surface area contributed by atoms with Gasteiger partial charge in [0.1, 0.15) is 0 Å². The van der Waals surface area contributed by atoms with Crippen molar-refractivity contribution in [2.45, 2.75) is 6.92 Å². The van der Waals surface area contributed by atoms with Crippen molar-refractivity contribution in [1.82, 2.24) is 10.2 Å². The van der Waals surface area contributed by atoms with Gasteiger partial charge in [0.05, 0.1) is 6.26 Å². The maximum atomic E-state index is 12.6. The molecule has 0 bridgehead atoms. The molecule has 0 radical (unpaired) electrons. The van der Waals surface area contributed by atoms with Gasteiger partial charge < -0.3 is 14.2 Å². The van der Waals surface area contributed by atoms with Gasteiger partial charge in [0.15, 0.2) is 5.76 Å². The lowest BCUT2D eigenvalue weighted by molar-refractivity contribution is 0.102. The molecule has 2 aromatic carbocycles. The number of hydrogen-bond donors (Lipinski definition) is 1. The predicted octanol–water partition coefficient (Wildman–Crippen LogP) is 4.62. The first-order valence-corrected chi connectivity index (χ1v) is 8.55. The van der Waals surface area contributed by atoms with Gasteiger partial charge in [-0.25, -0.2) is 0 Å². The standard InChI is InChI=1S/C22H15N3O3/c1-2-6-15-7-3-8-16(13-15)20(26)23-18-10-4-9-17(14-18)21-24-25-22(28-21)19-11-5-12-27-19/h3-5,7-14H,1H3,(H,23,26). The van der Waals surface area contributed by atoms with E-state index in [1.807, 2.05) is 12.1 Å². The molecule has 1 N–H and O–H groups in total. The lowest BCUT2D eigenvalue weighted by Crippen LogP contribution is -2.11. The van der Waals surface area contributed by atoms with Crippen molar-refractivity contribution in [3.05, 3.63) is 78.1 Å². The number of nitrogens with zero attached hydrogens (tertiary/aromatic N) is 2. The first-order chi connectivity index (χ1) is 13.7. The maximum absolute atomic E-state index is 12.6. The van der Waals surface area contributed by atoms with Crippen LogP contribution in [0.1, 0.15) is 22.8 Å². The number of amides is 1. The summed E-state index contributed by atoms with van der Waals surface area (Å²) < 4.78 is 10.9. The molecule has 0 saturated carbocycles. The fraction of sp³-hybridized carbons (Fsp3) is 0.0455. The van der Waals surface area contributed by atoms with Gasteiger partial charge in [-0.05, 0) is 55.5 Å². The molecule has 6 heteroatoms. The van der Waals surface area contributed by atoms with E-state index in [-0.39, 0.29) is 5.91 Å². The van der Waals surface area contributed by atoms with Crippen LogP contribution in [-0.2, 0) is 0 Å². The molecule has 4 rings (SSSR count). The minimum absolute atomic E-state index is 0.223. The van der Waals surface area contributed by atoms with Crippen molar-refractivity contribution in [1.29, 1.82) is 0 Å². The normalized spacial score (nSPS) is 10.2. The van der Waals surface area contributed by atoms with E-state index in [0.717, 1.165) is 5.56 Å². The average molecular weight is 369 g/mol. The van der Waals surface area contributed by atoms with E-state index in [2.05, 4.69) is 27.4 Å². The second-order valence-corrected chi connectivity index (χ2v) is 5.88. The quantitative estimate of drug-likeness (QED) is 0.531. The second-order valence-electron chi connectivity index (χ2n) is 5.88. The molecular formula is C22H15N3O3. The van der Waals surface area contributed by atoms with E-state index >= 15 is 0 Å². The highest BCUT2D eigenvalue weighted by Gasteiger charge is 2.13. The van der Waals surface area contributed by atoms with E-state index in [1.54, 1.807) is 55.5 Å². The van der Waals surface area contributed by atoms with Gasteiger partial charge in [0.25, 0.3) is 11.8 Å². The molecule has 0 atom stereocenters. The highest BCUT2D eigenvalue weighted by atomic mass is 16.4. The number of benzene rings is 2. The van der Waals surface area contributed by atoms with Crippen molar-refractivity contribution >= 4 is 11.6 Å². The number of hydrogen-bond acceptors (Lipinski definition) is 5. The second kappa shape index (κ2) is 7.64. The molecule has 0 aliphatic carbocycles. The first kappa shape index (κ1) is 17.3. The van der Waals surface area contributed by atoms with E-state index in [4.69, 9.17) is 8.83 Å². The van der Waals surface area contributed by atoms with Crippen molar-refractivity contribution in [2.24, 2.45) is 0 Å². The fourth-order valence-electron chi connectivity index (χ4n) is 2.66. The van der Waals surface area contributed by atoms with Crippen LogP contribution in [0.4, 0.5) is 5.69 Å². The van der Waals surface area contributed by atoms with Crippen molar-refractivity contribution in [2.75, 3.05) is 5.32 Å². The topological polar surface area (TPSA) is 81.2 Å². The Hall–Kier alpha value is -4.11. The van der Waals surface area contributed by atoms with Gasteiger partial charge in [-0.3, -0.25) is 4.79 Å². The zero-order valence-electron chi connectivity index (χ0n) is 15.0. The molecule has 6 nitrogen and oxygen atoms in total. The lowest BCUT2D eigenvalue weighted by Gasteiger charge is -2.06. The largest absolute Gasteiger partial charge is 0.459 e. The van der Waals surface area contributed by atoms with Crippen LogP contribution in [0.3, 0.4) is 0 Å². The Kier molecular flexibility index (Phi) is 4.72. The minimum atomic E-state index is -0.223. The van der Waals surface area contributed by atoms with Crippen LogP contribution in [0.5, 0.6) is 0 Å². The Morgan fingerprint density at radius 2 is 1.86 bits per heavy atom. The Morgan fingerprint density at radius 3 is 2.68 bits per heavy atom. The molecule has 4 aromatic rings. The molecule has 2 heterocycles. The zero-order valence-corrected chi connectivity index (χ0v) is 15.0. The van der Waals surface area contributed by atoms with E-state index < -0.39 is 0 Å². The summed E-state index contributed by atoms with van der Waals surface area (Å²) in [6, 6.07) is 17.8. The first-order valence-electron chi connectivity index (χ1n) is 8.55. The molecule has 0 aliphatic rings. The van der Waals surface area contributed by atoms with E-state index in [0.29, 0.717) is 34.4 Å². The molecule has 0 aliphatic heterocycles. The van der Waals surface area contributed by atoms with Gasteiger partial charge in [0.2, 0.25) is 5.89 Å². The van der Waals surface area contributed by atoms with Gasteiger partial charge in [-0.15, -0.1) is 16.1 Å². The van der Waals surface area contributed by atoms with Crippen molar-refractivity contribution in [3.63, 3.8) is 0 Å². The molecular weight excluding hydrogens is 354 g/mol. The third-order valence-electron chi connectivity index (χ3n) is 3.92. The molecule has 0 spiro atoms. The van der Waals surface area contributed by atoms with Crippen molar-refractivity contribution < 1.29 is 13.6 Å². The molecule has 2 aromatic heterocycles. The monoisotopic (exact) mass is 369 g/mol. The highest BCUT2D eigenvalue weighted by Crippen LogP contribution is 2.26. The van der Waals surface area contributed by atoms with Crippen LogP contribution in [0, 0.1) is 11.8 Å². The summed E-state index contributed by atoms with van der Waals surface area (Å²) in [7, 11) is 0. The van der Waals surface area contributed by atoms with Crippen LogP contribution in [-0.4, -0.2) is 16.1 Å². The summed E-state index contributed by atoms with van der Waals surface area (Å²) in [4.78, 5) is 12.6. The molecule has 28 heavy (non-hydrogen) atoms. The Balaban J connectivity index is 1.55. The summed E-state index contributed by atoms with van der Waals surface area (Å²) in [6.07, 6.45) is 1.54. The average Bonchev–Trinajstić information content (AvgIpc) is 3.40. The molecule has 0 fully saturated rings. The van der Waals surface area contributed by atoms with Crippen LogP contribution in [0.25, 0.3) is 23.1 Å². The van der Waals surface area contributed by atoms with Crippen LogP contribution >= 0.6 is 0 Å². The fourth-order valence-corrected chi connectivity index (χ4v) is 2.66. The molecule has 136 valence electrons. The van der Waals surface area contributed by atoms with Gasteiger partial charge in [-0.2, -0.15) is 0 Å². The summed E-state index contributed by atoms with van der Waals surface area (Å²) >= 11 is 0. The number of carbonyl (C=O) groups excluding carboxylic acids is 1. The highest BCUT2D eigenvalue weighted by molar-refractivity contribution is 6.04. The number of rotatable bonds is 4. The van der Waals surface area contributed by atoms with Gasteiger partial charge in [-0.1, -0.05) is 18.1 Å². The number of nitrogens with one attached hydrogen (secondary N) is 1. The minimum Gasteiger partial charge on any atom is -0.459 e. The number of furan rings is 1. The predicted molar refractivity (Wildman–Crippen MR) is 104 cm³/mol. The third kappa shape index (κ3) is 3.69.